The van der Waals surface area contributed by atoms with E-state index in [9.17, 15) is 9.59 Å². The van der Waals surface area contributed by atoms with Crippen molar-refractivity contribution < 1.29 is 9.59 Å². The molecule has 0 saturated heterocycles. The van der Waals surface area contributed by atoms with E-state index in [1.165, 1.54) is 32.1 Å². The third-order valence-electron chi connectivity index (χ3n) is 6.43. The molecule has 1 atom stereocenters. The number of amides is 2. The highest BCUT2D eigenvalue weighted by Gasteiger charge is 2.47. The number of nitrogens with zero attached hydrogens (tertiary/aromatic N) is 2. The van der Waals surface area contributed by atoms with Gasteiger partial charge in [-0.05, 0) is 43.7 Å². The standard InChI is InChI=1S/C22H31N3O2S/c1-3-12-25-20(26)18-14-19-17(11-13-28-19)24(18)15-22(25,2)21(27)23-16-9-7-5-4-6-8-10-16/h11,13-14,16H,3-10,12,15H2,1-2H3,(H,23,27). The molecule has 1 aliphatic heterocycles. The highest BCUT2D eigenvalue weighted by atomic mass is 32.1. The Morgan fingerprint density at radius 1 is 1.25 bits per heavy atom. The number of hydrogen-bond donors (Lipinski definition) is 1. The predicted molar refractivity (Wildman–Crippen MR) is 114 cm³/mol. The number of carbonyl (C=O) groups excluding carboxylic acids is 2. The Balaban J connectivity index is 1.63. The van der Waals surface area contributed by atoms with E-state index in [-0.39, 0.29) is 17.9 Å². The number of thiophene rings is 1. The van der Waals surface area contributed by atoms with Gasteiger partial charge in [-0.15, -0.1) is 11.3 Å². The Morgan fingerprint density at radius 2 is 1.96 bits per heavy atom. The van der Waals surface area contributed by atoms with E-state index in [0.29, 0.717) is 18.8 Å². The molecule has 28 heavy (non-hydrogen) atoms. The van der Waals surface area contributed by atoms with Crippen LogP contribution in [0.2, 0.25) is 0 Å². The van der Waals surface area contributed by atoms with Gasteiger partial charge >= 0.3 is 0 Å². The molecular formula is C22H31N3O2S. The van der Waals surface area contributed by atoms with Gasteiger partial charge in [0.15, 0.2) is 0 Å². The third-order valence-corrected chi connectivity index (χ3v) is 7.28. The lowest BCUT2D eigenvalue weighted by Gasteiger charge is -2.44. The van der Waals surface area contributed by atoms with E-state index in [1.807, 2.05) is 23.3 Å². The highest BCUT2D eigenvalue weighted by molar-refractivity contribution is 7.17. The van der Waals surface area contributed by atoms with Crippen molar-refractivity contribution >= 4 is 33.4 Å². The normalized spacial score (nSPS) is 24.1. The van der Waals surface area contributed by atoms with Crippen LogP contribution in [0.4, 0.5) is 0 Å². The van der Waals surface area contributed by atoms with Crippen molar-refractivity contribution in [2.24, 2.45) is 0 Å². The zero-order valence-electron chi connectivity index (χ0n) is 17.0. The molecule has 1 N–H and O–H groups in total. The highest BCUT2D eigenvalue weighted by Crippen LogP contribution is 2.34. The summed E-state index contributed by atoms with van der Waals surface area (Å²) < 4.78 is 3.17. The topological polar surface area (TPSA) is 54.3 Å². The fraction of sp³-hybridized carbons (Fsp3) is 0.636. The molecule has 1 unspecified atom stereocenters. The quantitative estimate of drug-likeness (QED) is 0.817. The van der Waals surface area contributed by atoms with Crippen molar-refractivity contribution in [2.75, 3.05) is 6.54 Å². The Bertz CT molecular complexity index is 862. The monoisotopic (exact) mass is 401 g/mol. The van der Waals surface area contributed by atoms with Crippen LogP contribution in [0.3, 0.4) is 0 Å². The van der Waals surface area contributed by atoms with Crippen LogP contribution in [0, 0.1) is 0 Å². The van der Waals surface area contributed by atoms with E-state index >= 15 is 0 Å². The largest absolute Gasteiger partial charge is 0.351 e. The van der Waals surface area contributed by atoms with Crippen LogP contribution in [0.25, 0.3) is 10.2 Å². The first-order valence-corrected chi connectivity index (χ1v) is 11.6. The van der Waals surface area contributed by atoms with E-state index in [0.717, 1.165) is 29.5 Å². The van der Waals surface area contributed by atoms with Crippen LogP contribution < -0.4 is 5.32 Å². The molecule has 1 saturated carbocycles. The summed E-state index contributed by atoms with van der Waals surface area (Å²) in [6.45, 7) is 5.13. The SMILES string of the molecule is CCCN1C(=O)c2cc3sccc3n2CC1(C)C(=O)NC1CCCCCCC1. The molecule has 1 aliphatic carbocycles. The summed E-state index contributed by atoms with van der Waals surface area (Å²) in [5.41, 5.74) is 0.928. The molecule has 1 fully saturated rings. The van der Waals surface area contributed by atoms with Gasteiger partial charge in [-0.1, -0.05) is 39.0 Å². The molecule has 2 aliphatic rings. The summed E-state index contributed by atoms with van der Waals surface area (Å²) >= 11 is 1.65. The summed E-state index contributed by atoms with van der Waals surface area (Å²) in [4.78, 5) is 28.6. The molecule has 152 valence electrons. The van der Waals surface area contributed by atoms with Gasteiger partial charge in [0, 0.05) is 12.6 Å². The van der Waals surface area contributed by atoms with E-state index in [1.54, 1.807) is 11.3 Å². The van der Waals surface area contributed by atoms with Crippen molar-refractivity contribution in [1.82, 2.24) is 14.8 Å². The second kappa shape index (κ2) is 7.90. The lowest BCUT2D eigenvalue weighted by Crippen LogP contribution is -2.65. The number of aromatic nitrogens is 1. The second-order valence-corrected chi connectivity index (χ2v) is 9.48. The van der Waals surface area contributed by atoms with Gasteiger partial charge in [-0.3, -0.25) is 9.59 Å². The fourth-order valence-electron chi connectivity index (χ4n) is 4.79. The van der Waals surface area contributed by atoms with Gasteiger partial charge in [-0.25, -0.2) is 0 Å². The number of carbonyl (C=O) groups is 2. The van der Waals surface area contributed by atoms with E-state index in [2.05, 4.69) is 22.9 Å². The summed E-state index contributed by atoms with van der Waals surface area (Å²) in [6.07, 6.45) is 9.12. The summed E-state index contributed by atoms with van der Waals surface area (Å²) in [5, 5.41) is 5.38. The number of rotatable bonds is 4. The maximum Gasteiger partial charge on any atom is 0.271 e. The van der Waals surface area contributed by atoms with Gasteiger partial charge in [0.05, 0.1) is 16.8 Å². The summed E-state index contributed by atoms with van der Waals surface area (Å²) in [5.74, 6) is -0.0191. The molecule has 0 bridgehead atoms. The number of nitrogens with one attached hydrogen (secondary N) is 1. The maximum atomic E-state index is 13.5. The van der Waals surface area contributed by atoms with E-state index in [4.69, 9.17) is 0 Å². The molecule has 2 amide bonds. The van der Waals surface area contributed by atoms with Crippen LogP contribution in [-0.2, 0) is 11.3 Å². The molecular weight excluding hydrogens is 370 g/mol. The van der Waals surface area contributed by atoms with Crippen LogP contribution in [0.15, 0.2) is 17.5 Å². The minimum Gasteiger partial charge on any atom is -0.351 e. The first-order valence-electron chi connectivity index (χ1n) is 10.7. The van der Waals surface area contributed by atoms with Gasteiger partial charge in [-0.2, -0.15) is 0 Å². The maximum absolute atomic E-state index is 13.5. The minimum atomic E-state index is -0.851. The first-order chi connectivity index (χ1) is 13.5. The van der Waals surface area contributed by atoms with Crippen molar-refractivity contribution in [3.8, 4) is 0 Å². The second-order valence-electron chi connectivity index (χ2n) is 8.53. The molecule has 0 radical (unpaired) electrons. The van der Waals surface area contributed by atoms with Gasteiger partial charge < -0.3 is 14.8 Å². The smallest absolute Gasteiger partial charge is 0.271 e. The zero-order chi connectivity index (χ0) is 19.7. The molecule has 2 aromatic heterocycles. The lowest BCUT2D eigenvalue weighted by atomic mass is 9.92. The summed E-state index contributed by atoms with van der Waals surface area (Å²) in [7, 11) is 0. The molecule has 3 heterocycles. The predicted octanol–water partition coefficient (Wildman–Crippen LogP) is 4.56. The average molecular weight is 402 g/mol. The number of hydrogen-bond acceptors (Lipinski definition) is 3. The fourth-order valence-corrected chi connectivity index (χ4v) is 5.61. The van der Waals surface area contributed by atoms with E-state index < -0.39 is 5.54 Å². The Kier molecular flexibility index (Phi) is 5.50. The lowest BCUT2D eigenvalue weighted by molar-refractivity contribution is -0.133. The molecule has 4 rings (SSSR count). The molecule has 2 aromatic rings. The summed E-state index contributed by atoms with van der Waals surface area (Å²) in [6, 6.07) is 4.27. The molecule has 5 nitrogen and oxygen atoms in total. The van der Waals surface area contributed by atoms with Crippen molar-refractivity contribution in [1.29, 1.82) is 0 Å². The van der Waals surface area contributed by atoms with Crippen molar-refractivity contribution in [3.05, 3.63) is 23.2 Å². The molecule has 0 spiro atoms. The van der Waals surface area contributed by atoms with Crippen molar-refractivity contribution in [2.45, 2.75) is 83.3 Å². The first kappa shape index (κ1) is 19.5. The third kappa shape index (κ3) is 3.36. The molecule has 6 heteroatoms. The Morgan fingerprint density at radius 3 is 2.68 bits per heavy atom. The molecule has 0 aromatic carbocycles. The zero-order valence-corrected chi connectivity index (χ0v) is 17.8. The van der Waals surface area contributed by atoms with Gasteiger partial charge in [0.2, 0.25) is 5.91 Å². The van der Waals surface area contributed by atoms with Crippen LogP contribution in [0.5, 0.6) is 0 Å². The number of fused-ring (bicyclic) bond motifs is 3. The Labute approximate surface area is 171 Å². The average Bonchev–Trinajstić information content (AvgIpc) is 3.23. The van der Waals surface area contributed by atoms with Crippen molar-refractivity contribution in [3.63, 3.8) is 0 Å². The van der Waals surface area contributed by atoms with Gasteiger partial charge in [0.1, 0.15) is 11.2 Å². The van der Waals surface area contributed by atoms with Crippen LogP contribution in [0.1, 0.15) is 75.7 Å². The van der Waals surface area contributed by atoms with Crippen LogP contribution >= 0.6 is 11.3 Å². The minimum absolute atomic E-state index is 0.00241. The van der Waals surface area contributed by atoms with Gasteiger partial charge in [0.25, 0.3) is 5.91 Å². The Hall–Kier alpha value is -1.82. The van der Waals surface area contributed by atoms with Crippen LogP contribution in [-0.4, -0.2) is 39.4 Å².